The molecule has 0 bridgehead atoms. The van der Waals surface area contributed by atoms with Crippen LogP contribution in [-0.4, -0.2) is 33.8 Å². The zero-order chi connectivity index (χ0) is 22.5. The lowest BCUT2D eigenvalue weighted by atomic mass is 9.91. The first-order valence-corrected chi connectivity index (χ1v) is 10.1. The summed E-state index contributed by atoms with van der Waals surface area (Å²) in [5.74, 6) is 0.489. The number of ether oxygens (including phenoxy) is 2. The molecule has 0 spiro atoms. The highest BCUT2D eigenvalue weighted by molar-refractivity contribution is 5.68. The van der Waals surface area contributed by atoms with Crippen molar-refractivity contribution < 1.29 is 18.7 Å². The molecule has 0 aliphatic heterocycles. The molecule has 0 saturated heterocycles. The third-order valence-electron chi connectivity index (χ3n) is 4.29. The number of aryl methyl sites for hydroxylation is 1. The summed E-state index contributed by atoms with van der Waals surface area (Å²) in [4.78, 5) is 20.6. The van der Waals surface area contributed by atoms with Crippen LogP contribution in [0, 0.1) is 18.7 Å². The number of carbonyl (C=O) groups is 1. The number of nitrogens with zero attached hydrogens (tertiary/aromatic N) is 2. The molecule has 164 valence electrons. The van der Waals surface area contributed by atoms with Gasteiger partial charge in [0.25, 0.3) is 0 Å². The Balaban J connectivity index is 2.14. The fourth-order valence-corrected chi connectivity index (χ4v) is 3.27. The van der Waals surface area contributed by atoms with Gasteiger partial charge in [-0.3, -0.25) is 4.98 Å². The molecular formula is C23H32FN3O3. The van der Waals surface area contributed by atoms with Gasteiger partial charge >= 0.3 is 6.09 Å². The molecule has 1 atom stereocenters. The summed E-state index contributed by atoms with van der Waals surface area (Å²) in [6.45, 7) is 13.6. The van der Waals surface area contributed by atoms with Crippen LogP contribution in [0.2, 0.25) is 0 Å². The summed E-state index contributed by atoms with van der Waals surface area (Å²) in [5, 5.41) is 2.95. The van der Waals surface area contributed by atoms with Crippen LogP contribution < -0.4 is 10.1 Å². The zero-order valence-corrected chi connectivity index (χ0v) is 18.9. The van der Waals surface area contributed by atoms with Crippen LogP contribution in [0.25, 0.3) is 11.3 Å². The van der Waals surface area contributed by atoms with E-state index in [4.69, 9.17) is 9.47 Å². The molecule has 0 fully saturated rings. The molecule has 7 heteroatoms. The van der Waals surface area contributed by atoms with Gasteiger partial charge in [-0.15, -0.1) is 0 Å². The highest BCUT2D eigenvalue weighted by Crippen LogP contribution is 2.26. The topological polar surface area (TPSA) is 73.3 Å². The predicted octanol–water partition coefficient (Wildman–Crippen LogP) is 5.30. The lowest BCUT2D eigenvalue weighted by molar-refractivity contribution is 0.0407. The average molecular weight is 418 g/mol. The largest absolute Gasteiger partial charge is 0.489 e. The zero-order valence-electron chi connectivity index (χ0n) is 18.9. The van der Waals surface area contributed by atoms with Crippen molar-refractivity contribution in [3.8, 4) is 17.0 Å². The Kier molecular flexibility index (Phi) is 7.39. The number of amides is 1. The lowest BCUT2D eigenvalue weighted by Crippen LogP contribution is -2.52. The molecule has 6 nitrogen and oxygen atoms in total. The van der Waals surface area contributed by atoms with E-state index in [0.29, 0.717) is 35.0 Å². The number of nitrogens with one attached hydrogen (secondary N) is 1. The van der Waals surface area contributed by atoms with Crippen molar-refractivity contribution in [2.45, 2.75) is 66.0 Å². The van der Waals surface area contributed by atoms with Gasteiger partial charge < -0.3 is 14.8 Å². The van der Waals surface area contributed by atoms with Gasteiger partial charge in [0, 0.05) is 11.8 Å². The minimum Gasteiger partial charge on any atom is -0.489 e. The quantitative estimate of drug-likeness (QED) is 0.662. The summed E-state index contributed by atoms with van der Waals surface area (Å²) < 4.78 is 25.4. The van der Waals surface area contributed by atoms with Gasteiger partial charge in [-0.2, -0.15) is 0 Å². The van der Waals surface area contributed by atoms with E-state index in [0.717, 1.165) is 6.20 Å². The minimum absolute atomic E-state index is 0.246. The van der Waals surface area contributed by atoms with Crippen molar-refractivity contribution in [3.05, 3.63) is 42.1 Å². The van der Waals surface area contributed by atoms with Gasteiger partial charge in [-0.05, 0) is 65.2 Å². The normalized spacial score (nSPS) is 13.6. The number of carbonyl (C=O) groups excluding carboxylic acids is 1. The van der Waals surface area contributed by atoms with Crippen LogP contribution in [0.5, 0.6) is 5.75 Å². The molecule has 1 amide bonds. The van der Waals surface area contributed by atoms with Gasteiger partial charge in [-0.1, -0.05) is 13.8 Å². The molecule has 0 aromatic carbocycles. The first-order chi connectivity index (χ1) is 13.9. The number of alkyl carbamates (subject to hydrolysis) is 1. The van der Waals surface area contributed by atoms with E-state index in [2.05, 4.69) is 29.1 Å². The monoisotopic (exact) mass is 417 g/mol. The molecule has 1 N–H and O–H groups in total. The van der Waals surface area contributed by atoms with E-state index >= 15 is 0 Å². The molecule has 0 radical (unpaired) electrons. The number of halogens is 1. The van der Waals surface area contributed by atoms with Gasteiger partial charge in [0.1, 0.15) is 18.0 Å². The number of pyridine rings is 2. The van der Waals surface area contributed by atoms with Gasteiger partial charge in [0.15, 0.2) is 5.82 Å². The summed E-state index contributed by atoms with van der Waals surface area (Å²) >= 11 is 0. The minimum atomic E-state index is -0.626. The second-order valence-electron chi connectivity index (χ2n) is 9.21. The van der Waals surface area contributed by atoms with Gasteiger partial charge in [0.05, 0.1) is 23.1 Å². The summed E-state index contributed by atoms with van der Waals surface area (Å²) in [5.41, 5.74) is 0.321. The van der Waals surface area contributed by atoms with Crippen LogP contribution in [0.15, 0.2) is 30.6 Å². The maximum absolute atomic E-state index is 14.0. The van der Waals surface area contributed by atoms with E-state index < -0.39 is 23.1 Å². The average Bonchev–Trinajstić information content (AvgIpc) is 2.58. The smallest absolute Gasteiger partial charge is 0.408 e. The Hall–Kier alpha value is -2.70. The maximum atomic E-state index is 14.0. The molecule has 2 aromatic rings. The second-order valence-corrected chi connectivity index (χ2v) is 9.21. The van der Waals surface area contributed by atoms with Crippen LogP contribution in [-0.2, 0) is 4.74 Å². The van der Waals surface area contributed by atoms with E-state index in [-0.39, 0.29) is 6.61 Å². The van der Waals surface area contributed by atoms with E-state index in [1.165, 1.54) is 6.20 Å². The molecule has 0 saturated carbocycles. The molecule has 2 rings (SSSR count). The van der Waals surface area contributed by atoms with Crippen LogP contribution in [0.1, 0.15) is 53.7 Å². The number of aromatic nitrogens is 2. The highest BCUT2D eigenvalue weighted by Gasteiger charge is 2.31. The van der Waals surface area contributed by atoms with Crippen LogP contribution in [0.3, 0.4) is 0 Å². The van der Waals surface area contributed by atoms with Gasteiger partial charge in [-0.25, -0.2) is 14.2 Å². The molecule has 0 aliphatic rings. The Morgan fingerprint density at radius 2 is 1.90 bits per heavy atom. The third kappa shape index (κ3) is 6.97. The maximum Gasteiger partial charge on any atom is 0.408 e. The molecule has 1 unspecified atom stereocenters. The van der Waals surface area contributed by atoms with Crippen LogP contribution >= 0.6 is 0 Å². The van der Waals surface area contributed by atoms with Crippen molar-refractivity contribution in [2.24, 2.45) is 5.92 Å². The summed E-state index contributed by atoms with van der Waals surface area (Å²) in [7, 11) is 0. The molecule has 30 heavy (non-hydrogen) atoms. The Morgan fingerprint density at radius 1 is 1.20 bits per heavy atom. The van der Waals surface area contributed by atoms with Gasteiger partial charge in [0.2, 0.25) is 0 Å². The van der Waals surface area contributed by atoms with E-state index in [9.17, 15) is 9.18 Å². The number of rotatable bonds is 7. The summed E-state index contributed by atoms with van der Waals surface area (Å²) in [6.07, 6.45) is 2.92. The Morgan fingerprint density at radius 3 is 2.47 bits per heavy atom. The first-order valence-electron chi connectivity index (χ1n) is 10.1. The third-order valence-corrected chi connectivity index (χ3v) is 4.29. The highest BCUT2D eigenvalue weighted by atomic mass is 19.1. The molecular weight excluding hydrogens is 385 g/mol. The SMILES string of the molecule is Cc1nc(-c2ccncc2F)ccc1OCC(C)(CC(C)C)NC(=O)OC(C)(C)C. The van der Waals surface area contributed by atoms with Crippen molar-refractivity contribution >= 4 is 6.09 Å². The fraction of sp³-hybridized carbons (Fsp3) is 0.522. The molecule has 0 aliphatic carbocycles. The Labute approximate surface area is 178 Å². The van der Waals surface area contributed by atoms with Crippen molar-refractivity contribution in [1.29, 1.82) is 0 Å². The first kappa shape index (κ1) is 23.6. The second kappa shape index (κ2) is 9.41. The number of hydrogen-bond donors (Lipinski definition) is 1. The fourth-order valence-electron chi connectivity index (χ4n) is 3.27. The Bertz CT molecular complexity index is 880. The standard InChI is InChI=1S/C23H32FN3O3/c1-15(2)12-23(7,27-21(28)30-22(4,5)6)14-29-20-9-8-19(26-16(20)3)17-10-11-25-13-18(17)24/h8-11,13,15H,12,14H2,1-7H3,(H,27,28). The van der Waals surface area contributed by atoms with Crippen molar-refractivity contribution in [3.63, 3.8) is 0 Å². The number of hydrogen-bond acceptors (Lipinski definition) is 5. The van der Waals surface area contributed by atoms with E-state index in [1.54, 1.807) is 25.1 Å². The predicted molar refractivity (Wildman–Crippen MR) is 115 cm³/mol. The van der Waals surface area contributed by atoms with Crippen molar-refractivity contribution in [2.75, 3.05) is 6.61 Å². The molecule has 2 heterocycles. The molecule has 2 aromatic heterocycles. The van der Waals surface area contributed by atoms with E-state index in [1.807, 2.05) is 27.7 Å². The lowest BCUT2D eigenvalue weighted by Gasteiger charge is -2.33. The van der Waals surface area contributed by atoms with Crippen molar-refractivity contribution in [1.82, 2.24) is 15.3 Å². The van der Waals surface area contributed by atoms with Crippen LogP contribution in [0.4, 0.5) is 9.18 Å². The summed E-state index contributed by atoms with van der Waals surface area (Å²) in [6, 6.07) is 5.06.